The van der Waals surface area contributed by atoms with Crippen molar-refractivity contribution in [3.8, 4) is 0 Å². The van der Waals surface area contributed by atoms with E-state index in [2.05, 4.69) is 21.2 Å². The zero-order chi connectivity index (χ0) is 10.8. The topological polar surface area (TPSA) is 32.3 Å². The van der Waals surface area contributed by atoms with Crippen LogP contribution in [-0.2, 0) is 0 Å². The summed E-state index contributed by atoms with van der Waals surface area (Å²) < 4.78 is 0.898. The summed E-state index contributed by atoms with van der Waals surface area (Å²) in [5.74, 6) is 0.116. The Hall–Kier alpha value is -0.390. The van der Waals surface area contributed by atoms with Crippen molar-refractivity contribution in [1.29, 1.82) is 0 Å². The van der Waals surface area contributed by atoms with E-state index >= 15 is 0 Å². The maximum Gasteiger partial charge on any atom is 0.265 e. The van der Waals surface area contributed by atoms with E-state index in [0.717, 1.165) is 28.9 Å². The minimum Gasteiger partial charge on any atom is -0.337 e. The number of rotatable bonds is 2. The zero-order valence-corrected chi connectivity index (χ0v) is 10.9. The van der Waals surface area contributed by atoms with Gasteiger partial charge in [-0.3, -0.25) is 4.79 Å². The Balaban J connectivity index is 2.10. The third-order valence-corrected chi connectivity index (χ3v) is 4.54. The molecule has 0 bridgehead atoms. The van der Waals surface area contributed by atoms with E-state index in [4.69, 9.17) is 0 Å². The number of likely N-dealkylation sites (N-methyl/N-ethyl adjacent to an activating group) is 1. The van der Waals surface area contributed by atoms with Gasteiger partial charge in [0, 0.05) is 24.1 Å². The fourth-order valence-electron chi connectivity index (χ4n) is 1.74. The lowest BCUT2D eigenvalue weighted by molar-refractivity contribution is 0.0748. The fraction of sp³-hybridized carbons (Fsp3) is 0.500. The first-order valence-corrected chi connectivity index (χ1v) is 6.58. The molecule has 1 unspecified atom stereocenters. The van der Waals surface area contributed by atoms with Gasteiger partial charge in [-0.2, -0.15) is 0 Å². The second-order valence-corrected chi connectivity index (χ2v) is 5.43. The lowest BCUT2D eigenvalue weighted by Crippen LogP contribution is -2.38. The van der Waals surface area contributed by atoms with Gasteiger partial charge in [-0.15, -0.1) is 11.3 Å². The quantitative estimate of drug-likeness (QED) is 0.902. The monoisotopic (exact) mass is 288 g/mol. The van der Waals surface area contributed by atoms with Crippen molar-refractivity contribution in [2.45, 2.75) is 12.5 Å². The maximum atomic E-state index is 12.1. The number of thiophene rings is 1. The van der Waals surface area contributed by atoms with E-state index in [1.807, 2.05) is 23.4 Å². The van der Waals surface area contributed by atoms with E-state index in [1.165, 1.54) is 11.3 Å². The standard InChI is InChI=1S/C10H13BrN2OS/c1-13(7-2-4-12-6-7)10(14)9-8(11)3-5-15-9/h3,5,7,12H,2,4,6H2,1H3. The molecule has 0 radical (unpaired) electrons. The van der Waals surface area contributed by atoms with Crippen molar-refractivity contribution in [2.75, 3.05) is 20.1 Å². The van der Waals surface area contributed by atoms with E-state index in [-0.39, 0.29) is 5.91 Å². The summed E-state index contributed by atoms with van der Waals surface area (Å²) in [6.07, 6.45) is 1.05. The van der Waals surface area contributed by atoms with E-state index in [9.17, 15) is 4.79 Å². The molecule has 0 aliphatic carbocycles. The predicted octanol–water partition coefficient (Wildman–Crippen LogP) is 1.94. The smallest absolute Gasteiger partial charge is 0.265 e. The highest BCUT2D eigenvalue weighted by Crippen LogP contribution is 2.25. The number of nitrogens with zero attached hydrogens (tertiary/aromatic N) is 1. The van der Waals surface area contributed by atoms with Crippen molar-refractivity contribution < 1.29 is 4.79 Å². The molecule has 5 heteroatoms. The van der Waals surface area contributed by atoms with Crippen LogP contribution in [0.5, 0.6) is 0 Å². The van der Waals surface area contributed by atoms with Gasteiger partial charge in [0.15, 0.2) is 0 Å². The summed E-state index contributed by atoms with van der Waals surface area (Å²) in [7, 11) is 1.88. The van der Waals surface area contributed by atoms with Crippen molar-refractivity contribution in [1.82, 2.24) is 10.2 Å². The Labute approximate surface area is 102 Å². The van der Waals surface area contributed by atoms with E-state index in [1.54, 1.807) is 0 Å². The number of carbonyl (C=O) groups excluding carboxylic acids is 1. The van der Waals surface area contributed by atoms with Gasteiger partial charge in [0.05, 0.1) is 0 Å². The summed E-state index contributed by atoms with van der Waals surface area (Å²) >= 11 is 4.88. The van der Waals surface area contributed by atoms with Gasteiger partial charge in [-0.25, -0.2) is 0 Å². The van der Waals surface area contributed by atoms with Crippen molar-refractivity contribution >= 4 is 33.2 Å². The normalized spacial score (nSPS) is 20.5. The molecule has 0 saturated carbocycles. The summed E-state index contributed by atoms with van der Waals surface area (Å²) in [5, 5.41) is 5.19. The van der Waals surface area contributed by atoms with Gasteiger partial charge in [-0.05, 0) is 40.3 Å². The van der Waals surface area contributed by atoms with Crippen LogP contribution in [0.2, 0.25) is 0 Å². The second-order valence-electron chi connectivity index (χ2n) is 3.66. The van der Waals surface area contributed by atoms with Crippen LogP contribution in [0.4, 0.5) is 0 Å². The highest BCUT2D eigenvalue weighted by Gasteiger charge is 2.25. The molecule has 0 aromatic carbocycles. The molecule has 82 valence electrons. The molecule has 1 N–H and O–H groups in total. The number of halogens is 1. The van der Waals surface area contributed by atoms with Crippen molar-refractivity contribution in [3.05, 3.63) is 20.8 Å². The molecule has 1 amide bonds. The lowest BCUT2D eigenvalue weighted by atomic mass is 10.2. The largest absolute Gasteiger partial charge is 0.337 e. The zero-order valence-electron chi connectivity index (χ0n) is 8.50. The summed E-state index contributed by atoms with van der Waals surface area (Å²) in [5.41, 5.74) is 0. The minimum atomic E-state index is 0.116. The molecule has 15 heavy (non-hydrogen) atoms. The summed E-state index contributed by atoms with van der Waals surface area (Å²) in [6, 6.07) is 2.25. The molecule has 0 spiro atoms. The third kappa shape index (κ3) is 2.24. The molecule has 1 aromatic rings. The molecular weight excluding hydrogens is 276 g/mol. The summed E-state index contributed by atoms with van der Waals surface area (Å²) in [6.45, 7) is 1.92. The molecule has 1 aliphatic rings. The van der Waals surface area contributed by atoms with Crippen LogP contribution in [0.1, 0.15) is 16.1 Å². The highest BCUT2D eigenvalue weighted by atomic mass is 79.9. The fourth-order valence-corrected chi connectivity index (χ4v) is 3.27. The molecule has 1 aromatic heterocycles. The number of carbonyl (C=O) groups is 1. The van der Waals surface area contributed by atoms with Crippen LogP contribution in [0.15, 0.2) is 15.9 Å². The Morgan fingerprint density at radius 2 is 2.53 bits per heavy atom. The number of amides is 1. The average Bonchev–Trinajstić information content (AvgIpc) is 2.85. The number of nitrogens with one attached hydrogen (secondary N) is 1. The molecule has 3 nitrogen and oxygen atoms in total. The molecule has 2 rings (SSSR count). The second kappa shape index (κ2) is 4.63. The van der Waals surface area contributed by atoms with Crippen LogP contribution >= 0.6 is 27.3 Å². The van der Waals surface area contributed by atoms with Gasteiger partial charge in [0.1, 0.15) is 4.88 Å². The SMILES string of the molecule is CN(C(=O)c1sccc1Br)C1CCNC1. The van der Waals surface area contributed by atoms with Crippen molar-refractivity contribution in [2.24, 2.45) is 0 Å². The maximum absolute atomic E-state index is 12.1. The van der Waals surface area contributed by atoms with Gasteiger partial charge < -0.3 is 10.2 Å². The number of hydrogen-bond acceptors (Lipinski definition) is 3. The Morgan fingerprint density at radius 1 is 1.73 bits per heavy atom. The van der Waals surface area contributed by atoms with Gasteiger partial charge in [0.2, 0.25) is 0 Å². The number of hydrogen-bond donors (Lipinski definition) is 1. The van der Waals surface area contributed by atoms with Crippen LogP contribution in [-0.4, -0.2) is 37.0 Å². The van der Waals surface area contributed by atoms with Crippen molar-refractivity contribution in [3.63, 3.8) is 0 Å². The molecule has 1 atom stereocenters. The van der Waals surface area contributed by atoms with E-state index in [0.29, 0.717) is 6.04 Å². The molecule has 2 heterocycles. The summed E-state index contributed by atoms with van der Waals surface area (Å²) in [4.78, 5) is 14.7. The highest BCUT2D eigenvalue weighted by molar-refractivity contribution is 9.10. The minimum absolute atomic E-state index is 0.116. The van der Waals surface area contributed by atoms with Gasteiger partial charge in [0.25, 0.3) is 5.91 Å². The lowest BCUT2D eigenvalue weighted by Gasteiger charge is -2.23. The average molecular weight is 289 g/mol. The van der Waals surface area contributed by atoms with Gasteiger partial charge in [-0.1, -0.05) is 0 Å². The van der Waals surface area contributed by atoms with Crippen LogP contribution in [0.3, 0.4) is 0 Å². The van der Waals surface area contributed by atoms with Crippen LogP contribution in [0.25, 0.3) is 0 Å². The third-order valence-electron chi connectivity index (χ3n) is 2.71. The molecular formula is C10H13BrN2OS. The molecule has 1 fully saturated rings. The van der Waals surface area contributed by atoms with Gasteiger partial charge >= 0.3 is 0 Å². The van der Waals surface area contributed by atoms with Crippen LogP contribution in [0, 0.1) is 0 Å². The van der Waals surface area contributed by atoms with E-state index < -0.39 is 0 Å². The molecule has 1 saturated heterocycles. The first-order chi connectivity index (χ1) is 7.20. The first-order valence-electron chi connectivity index (χ1n) is 4.91. The molecule has 1 aliphatic heterocycles. The predicted molar refractivity (Wildman–Crippen MR) is 65.4 cm³/mol. The Bertz CT molecular complexity index is 360. The first kappa shape index (κ1) is 11.1. The Morgan fingerprint density at radius 3 is 3.07 bits per heavy atom. The Kier molecular flexibility index (Phi) is 3.43. The van der Waals surface area contributed by atoms with Crippen LogP contribution < -0.4 is 5.32 Å².